The Kier molecular flexibility index (Phi) is 8.61. The van der Waals surface area contributed by atoms with Gasteiger partial charge in [0.05, 0.1) is 33.0 Å². The molecule has 0 N–H and O–H groups in total. The molecule has 1 heterocycles. The van der Waals surface area contributed by atoms with Crippen LogP contribution < -0.4 is 0 Å². The van der Waals surface area contributed by atoms with Gasteiger partial charge in [0.2, 0.25) is 0 Å². The zero-order valence-corrected chi connectivity index (χ0v) is 13.0. The fourth-order valence-electron chi connectivity index (χ4n) is 2.43. The largest absolute Gasteiger partial charge is 0.388 e. The van der Waals surface area contributed by atoms with Crippen molar-refractivity contribution in [1.29, 1.82) is 0 Å². The Morgan fingerprint density at radius 3 is 2.40 bits per heavy atom. The second-order valence-electron chi connectivity index (χ2n) is 5.82. The van der Waals surface area contributed by atoms with Crippen molar-refractivity contribution in [3.63, 3.8) is 0 Å². The summed E-state index contributed by atoms with van der Waals surface area (Å²) in [5, 5.41) is 0. The molecule has 0 aromatic carbocycles. The number of methoxy groups -OCH3 is 1. The maximum absolute atomic E-state index is 14.3. The molecule has 0 unspecified atom stereocenters. The summed E-state index contributed by atoms with van der Waals surface area (Å²) < 4.78 is 34.7. The molecule has 20 heavy (non-hydrogen) atoms. The second kappa shape index (κ2) is 9.66. The van der Waals surface area contributed by atoms with Gasteiger partial charge < -0.3 is 18.9 Å². The van der Waals surface area contributed by atoms with Crippen LogP contribution in [0.5, 0.6) is 0 Å². The summed E-state index contributed by atoms with van der Waals surface area (Å²) >= 11 is 0. The molecular weight excluding hydrogens is 263 g/mol. The SMILES string of the molecule is CC1CCC(F)(COC[C@@H]2COCCO2)CC1.COC. The van der Waals surface area contributed by atoms with Gasteiger partial charge in [0.15, 0.2) is 0 Å². The highest BCUT2D eigenvalue weighted by molar-refractivity contribution is 4.84. The molecule has 0 bridgehead atoms. The Balaban J connectivity index is 0.000000612. The maximum Gasteiger partial charge on any atom is 0.134 e. The summed E-state index contributed by atoms with van der Waals surface area (Å²) in [5.74, 6) is 0.661. The minimum absolute atomic E-state index is 0.0186. The highest BCUT2D eigenvalue weighted by Gasteiger charge is 2.34. The van der Waals surface area contributed by atoms with E-state index in [0.29, 0.717) is 45.2 Å². The smallest absolute Gasteiger partial charge is 0.134 e. The molecule has 4 nitrogen and oxygen atoms in total. The normalized spacial score (nSPS) is 34.2. The van der Waals surface area contributed by atoms with Crippen LogP contribution >= 0.6 is 0 Å². The summed E-state index contributed by atoms with van der Waals surface area (Å²) in [6.45, 7) is 4.68. The standard InChI is InChI=1S/C13H23FO3.C2H6O/c1-11-2-4-13(14,5-3-11)10-16-9-12-8-15-6-7-17-12;1-3-2/h11-12H,2-10H2,1H3;1-2H3/t11?,12-,13?;/m0./s1. The van der Waals surface area contributed by atoms with Crippen LogP contribution in [0.2, 0.25) is 0 Å². The molecule has 1 aliphatic carbocycles. The molecule has 2 aliphatic rings. The molecule has 1 atom stereocenters. The zero-order chi connectivity index (χ0) is 14.8. The second-order valence-corrected chi connectivity index (χ2v) is 5.82. The molecule has 1 saturated carbocycles. The van der Waals surface area contributed by atoms with Crippen molar-refractivity contribution in [2.75, 3.05) is 47.3 Å². The molecule has 2 rings (SSSR count). The first-order chi connectivity index (χ1) is 9.59. The van der Waals surface area contributed by atoms with Crippen LogP contribution in [0.25, 0.3) is 0 Å². The minimum Gasteiger partial charge on any atom is -0.388 e. The highest BCUT2D eigenvalue weighted by atomic mass is 19.1. The predicted octanol–water partition coefficient (Wildman–Crippen LogP) is 2.60. The fraction of sp³-hybridized carbons (Fsp3) is 1.00. The molecule has 0 spiro atoms. The van der Waals surface area contributed by atoms with Gasteiger partial charge in [-0.2, -0.15) is 0 Å². The Labute approximate surface area is 121 Å². The van der Waals surface area contributed by atoms with Gasteiger partial charge in [-0.1, -0.05) is 6.92 Å². The average Bonchev–Trinajstić information content (AvgIpc) is 2.45. The fourth-order valence-corrected chi connectivity index (χ4v) is 2.43. The van der Waals surface area contributed by atoms with Gasteiger partial charge in [-0.15, -0.1) is 0 Å². The van der Waals surface area contributed by atoms with Crippen molar-refractivity contribution in [2.24, 2.45) is 5.92 Å². The molecule has 1 aliphatic heterocycles. The molecular formula is C15H29FO4. The maximum atomic E-state index is 14.3. The summed E-state index contributed by atoms with van der Waals surface area (Å²) in [6.07, 6.45) is 3.20. The number of alkyl halides is 1. The quantitative estimate of drug-likeness (QED) is 0.798. The van der Waals surface area contributed by atoms with Crippen molar-refractivity contribution in [2.45, 2.75) is 44.4 Å². The van der Waals surface area contributed by atoms with Crippen LogP contribution in [0.1, 0.15) is 32.6 Å². The van der Waals surface area contributed by atoms with Gasteiger partial charge in [0.25, 0.3) is 0 Å². The van der Waals surface area contributed by atoms with Gasteiger partial charge in [-0.25, -0.2) is 4.39 Å². The van der Waals surface area contributed by atoms with E-state index >= 15 is 0 Å². The van der Waals surface area contributed by atoms with E-state index in [0.717, 1.165) is 12.8 Å². The van der Waals surface area contributed by atoms with Crippen molar-refractivity contribution in [3.8, 4) is 0 Å². The highest BCUT2D eigenvalue weighted by Crippen LogP contribution is 2.35. The third-order valence-corrected chi connectivity index (χ3v) is 3.72. The van der Waals surface area contributed by atoms with E-state index < -0.39 is 5.67 Å². The Morgan fingerprint density at radius 2 is 1.85 bits per heavy atom. The Bertz CT molecular complexity index is 236. The number of hydrogen-bond donors (Lipinski definition) is 0. The lowest BCUT2D eigenvalue weighted by molar-refractivity contribution is -0.126. The van der Waals surface area contributed by atoms with Crippen molar-refractivity contribution in [1.82, 2.24) is 0 Å². The van der Waals surface area contributed by atoms with Gasteiger partial charge in [0.1, 0.15) is 11.8 Å². The lowest BCUT2D eigenvalue weighted by Gasteiger charge is -2.33. The number of rotatable bonds is 4. The molecule has 0 aromatic heterocycles. The van der Waals surface area contributed by atoms with Gasteiger partial charge in [-0.3, -0.25) is 0 Å². The number of hydrogen-bond acceptors (Lipinski definition) is 4. The molecule has 0 aromatic rings. The van der Waals surface area contributed by atoms with E-state index in [-0.39, 0.29) is 12.7 Å². The summed E-state index contributed by atoms with van der Waals surface area (Å²) in [4.78, 5) is 0. The van der Waals surface area contributed by atoms with Crippen LogP contribution in [0, 0.1) is 5.92 Å². The van der Waals surface area contributed by atoms with E-state index in [9.17, 15) is 4.39 Å². The van der Waals surface area contributed by atoms with Crippen molar-refractivity contribution < 1.29 is 23.3 Å². The average molecular weight is 292 g/mol. The molecule has 0 amide bonds. The van der Waals surface area contributed by atoms with Crippen LogP contribution in [-0.2, 0) is 18.9 Å². The Morgan fingerprint density at radius 1 is 1.20 bits per heavy atom. The van der Waals surface area contributed by atoms with E-state index in [1.807, 2.05) is 0 Å². The molecule has 5 heteroatoms. The van der Waals surface area contributed by atoms with Crippen molar-refractivity contribution >= 4 is 0 Å². The van der Waals surface area contributed by atoms with Crippen molar-refractivity contribution in [3.05, 3.63) is 0 Å². The lowest BCUT2D eigenvalue weighted by Crippen LogP contribution is -2.37. The summed E-state index contributed by atoms with van der Waals surface area (Å²) in [7, 11) is 3.25. The minimum atomic E-state index is -1.11. The number of ether oxygens (including phenoxy) is 4. The number of halogens is 1. The third kappa shape index (κ3) is 6.97. The van der Waals surface area contributed by atoms with Gasteiger partial charge in [0, 0.05) is 14.2 Å². The molecule has 2 fully saturated rings. The van der Waals surface area contributed by atoms with Gasteiger partial charge in [-0.05, 0) is 31.6 Å². The van der Waals surface area contributed by atoms with Crippen LogP contribution in [0.15, 0.2) is 0 Å². The first-order valence-corrected chi connectivity index (χ1v) is 7.46. The van der Waals surface area contributed by atoms with Crippen LogP contribution in [-0.4, -0.2) is 59.0 Å². The van der Waals surface area contributed by atoms with E-state index in [4.69, 9.17) is 14.2 Å². The topological polar surface area (TPSA) is 36.9 Å². The predicted molar refractivity (Wildman–Crippen MR) is 75.8 cm³/mol. The molecule has 1 saturated heterocycles. The van der Waals surface area contributed by atoms with E-state index in [1.54, 1.807) is 14.2 Å². The first kappa shape index (κ1) is 17.8. The Hall–Kier alpha value is -0.230. The third-order valence-electron chi connectivity index (χ3n) is 3.72. The van der Waals surface area contributed by atoms with Gasteiger partial charge >= 0.3 is 0 Å². The van der Waals surface area contributed by atoms with E-state index in [1.165, 1.54) is 0 Å². The molecule has 0 radical (unpaired) electrons. The summed E-state index contributed by atoms with van der Waals surface area (Å²) in [5.41, 5.74) is -1.11. The van der Waals surface area contributed by atoms with Crippen LogP contribution in [0.3, 0.4) is 0 Å². The molecule has 120 valence electrons. The first-order valence-electron chi connectivity index (χ1n) is 7.46. The monoisotopic (exact) mass is 292 g/mol. The lowest BCUT2D eigenvalue weighted by atomic mass is 9.81. The zero-order valence-electron chi connectivity index (χ0n) is 13.0. The summed E-state index contributed by atoms with van der Waals surface area (Å²) in [6, 6.07) is 0. The van der Waals surface area contributed by atoms with E-state index in [2.05, 4.69) is 11.7 Å². The van der Waals surface area contributed by atoms with Crippen LogP contribution in [0.4, 0.5) is 4.39 Å².